The van der Waals surface area contributed by atoms with Gasteiger partial charge in [-0.05, 0) is 13.0 Å². The lowest BCUT2D eigenvalue weighted by molar-refractivity contribution is -0.156. The Labute approximate surface area is 94.6 Å². The highest BCUT2D eigenvalue weighted by Crippen LogP contribution is 1.95. The minimum atomic E-state index is -0.599. The molecule has 6 nitrogen and oxygen atoms in total. The van der Waals surface area contributed by atoms with Crippen molar-refractivity contribution in [2.24, 2.45) is 0 Å². The summed E-state index contributed by atoms with van der Waals surface area (Å²) in [4.78, 5) is 26.6. The van der Waals surface area contributed by atoms with E-state index in [0.717, 1.165) is 6.42 Å². The van der Waals surface area contributed by atoms with Crippen molar-refractivity contribution in [3.8, 4) is 0 Å². The zero-order valence-electron chi connectivity index (χ0n) is 9.41. The summed E-state index contributed by atoms with van der Waals surface area (Å²) in [5, 5.41) is 11.4. The van der Waals surface area contributed by atoms with Gasteiger partial charge in [0.25, 0.3) is 5.91 Å². The Morgan fingerprint density at radius 1 is 1.44 bits per heavy atom. The van der Waals surface area contributed by atoms with Crippen LogP contribution in [-0.4, -0.2) is 36.7 Å². The highest BCUT2D eigenvalue weighted by atomic mass is 16.7. The maximum Gasteiger partial charge on any atom is 0.345 e. The van der Waals surface area contributed by atoms with Crippen molar-refractivity contribution >= 4 is 11.9 Å². The van der Waals surface area contributed by atoms with Crippen LogP contribution in [0, 0.1) is 0 Å². The van der Waals surface area contributed by atoms with E-state index in [-0.39, 0.29) is 25.1 Å². The van der Waals surface area contributed by atoms with E-state index < -0.39 is 11.9 Å². The summed E-state index contributed by atoms with van der Waals surface area (Å²) in [7, 11) is 0. The molecule has 0 saturated carbocycles. The topological polar surface area (TPSA) is 87.7 Å². The first kappa shape index (κ1) is 14.6. The summed E-state index contributed by atoms with van der Waals surface area (Å²) >= 11 is 0. The summed E-state index contributed by atoms with van der Waals surface area (Å²) in [6.45, 7) is 5.97. The molecule has 0 saturated heterocycles. The van der Waals surface area contributed by atoms with E-state index in [2.05, 4.69) is 16.7 Å². The van der Waals surface area contributed by atoms with E-state index >= 15 is 0 Å². The Bertz CT molecular complexity index is 253. The molecule has 0 aliphatic heterocycles. The maximum atomic E-state index is 11.1. The first-order valence-electron chi connectivity index (χ1n) is 5.11. The van der Waals surface area contributed by atoms with E-state index in [1.54, 1.807) is 0 Å². The van der Waals surface area contributed by atoms with Crippen LogP contribution in [0.4, 0.5) is 0 Å². The second-order valence-corrected chi connectivity index (χ2v) is 3.16. The molecule has 92 valence electrons. The van der Waals surface area contributed by atoms with Gasteiger partial charge in [0.05, 0.1) is 6.54 Å². The molecule has 3 N–H and O–H groups in total. The van der Waals surface area contributed by atoms with Crippen molar-refractivity contribution in [1.29, 1.82) is 0 Å². The number of hydrogen-bond donors (Lipinski definition) is 3. The molecule has 0 heterocycles. The number of hydrogen-bond acceptors (Lipinski definition) is 5. The second-order valence-electron chi connectivity index (χ2n) is 3.16. The fourth-order valence-corrected chi connectivity index (χ4v) is 0.827. The van der Waals surface area contributed by atoms with Crippen LogP contribution in [0.5, 0.6) is 0 Å². The molecule has 0 spiro atoms. The van der Waals surface area contributed by atoms with Gasteiger partial charge in [-0.15, -0.1) is 0 Å². The molecule has 0 aromatic rings. The molecule has 0 aliphatic carbocycles. The summed E-state index contributed by atoms with van der Waals surface area (Å²) in [5.74, 6) is -1.17. The van der Waals surface area contributed by atoms with Crippen LogP contribution in [0.3, 0.4) is 0 Å². The SMILES string of the molecule is C=C(CCO)C(=O)NOC(=O)CNCCC. The van der Waals surface area contributed by atoms with Crippen LogP contribution in [0.25, 0.3) is 0 Å². The summed E-state index contributed by atoms with van der Waals surface area (Å²) in [5.41, 5.74) is 2.12. The first-order valence-corrected chi connectivity index (χ1v) is 5.11. The number of aliphatic hydroxyl groups excluding tert-OH is 1. The van der Waals surface area contributed by atoms with Crippen molar-refractivity contribution < 1.29 is 19.5 Å². The average molecular weight is 230 g/mol. The predicted molar refractivity (Wildman–Crippen MR) is 58.2 cm³/mol. The maximum absolute atomic E-state index is 11.1. The lowest BCUT2D eigenvalue weighted by Crippen LogP contribution is -2.33. The van der Waals surface area contributed by atoms with Gasteiger partial charge in [-0.25, -0.2) is 4.79 Å². The van der Waals surface area contributed by atoms with Gasteiger partial charge < -0.3 is 15.3 Å². The molecular weight excluding hydrogens is 212 g/mol. The van der Waals surface area contributed by atoms with Gasteiger partial charge >= 0.3 is 5.97 Å². The summed E-state index contributed by atoms with van der Waals surface area (Å²) in [6, 6.07) is 0. The largest absolute Gasteiger partial charge is 0.396 e. The van der Waals surface area contributed by atoms with Gasteiger partial charge in [0, 0.05) is 18.6 Å². The van der Waals surface area contributed by atoms with Gasteiger partial charge in [0.1, 0.15) is 0 Å². The van der Waals surface area contributed by atoms with Crippen molar-refractivity contribution in [1.82, 2.24) is 10.8 Å². The molecule has 1 amide bonds. The molecular formula is C10H18N2O4. The molecule has 0 atom stereocenters. The van der Waals surface area contributed by atoms with Crippen LogP contribution < -0.4 is 10.8 Å². The van der Waals surface area contributed by atoms with Gasteiger partial charge in [-0.2, -0.15) is 5.48 Å². The Hall–Kier alpha value is -1.40. The van der Waals surface area contributed by atoms with E-state index in [1.165, 1.54) is 0 Å². The molecule has 0 bridgehead atoms. The van der Waals surface area contributed by atoms with Gasteiger partial charge in [-0.1, -0.05) is 13.5 Å². The van der Waals surface area contributed by atoms with Crippen molar-refractivity contribution in [3.05, 3.63) is 12.2 Å². The zero-order chi connectivity index (χ0) is 12.4. The highest BCUT2D eigenvalue weighted by molar-refractivity contribution is 5.92. The van der Waals surface area contributed by atoms with Gasteiger partial charge in [0.15, 0.2) is 0 Å². The predicted octanol–water partition coefficient (Wildman–Crippen LogP) is -0.501. The molecule has 16 heavy (non-hydrogen) atoms. The smallest absolute Gasteiger partial charge is 0.345 e. The molecule has 0 rings (SSSR count). The average Bonchev–Trinajstić information content (AvgIpc) is 2.26. The van der Waals surface area contributed by atoms with Crippen LogP contribution in [-0.2, 0) is 14.4 Å². The third kappa shape index (κ3) is 6.97. The fourth-order valence-electron chi connectivity index (χ4n) is 0.827. The first-order chi connectivity index (χ1) is 7.61. The molecule has 0 aliphatic rings. The molecule has 6 heteroatoms. The summed E-state index contributed by atoms with van der Waals surface area (Å²) < 4.78 is 0. The van der Waals surface area contributed by atoms with E-state index in [0.29, 0.717) is 6.54 Å². The molecule has 0 aromatic carbocycles. The summed E-state index contributed by atoms with van der Waals surface area (Å²) in [6.07, 6.45) is 1.06. The minimum absolute atomic E-state index is 0.0423. The third-order valence-electron chi connectivity index (χ3n) is 1.69. The molecule has 0 aromatic heterocycles. The second kappa shape index (κ2) is 8.87. The van der Waals surface area contributed by atoms with Crippen molar-refractivity contribution in [2.75, 3.05) is 19.7 Å². The lowest BCUT2D eigenvalue weighted by atomic mass is 10.2. The molecule has 0 radical (unpaired) electrons. The van der Waals surface area contributed by atoms with E-state index in [4.69, 9.17) is 5.11 Å². The molecule has 0 unspecified atom stereocenters. The van der Waals surface area contributed by atoms with Crippen LogP contribution in [0.1, 0.15) is 19.8 Å². The Morgan fingerprint density at radius 3 is 2.69 bits per heavy atom. The minimum Gasteiger partial charge on any atom is -0.396 e. The van der Waals surface area contributed by atoms with Crippen molar-refractivity contribution in [2.45, 2.75) is 19.8 Å². The Balaban J connectivity index is 3.66. The number of carbonyl (C=O) groups excluding carboxylic acids is 2. The Kier molecular flexibility index (Phi) is 8.10. The van der Waals surface area contributed by atoms with Crippen LogP contribution >= 0.6 is 0 Å². The fraction of sp³-hybridized carbons (Fsp3) is 0.600. The monoisotopic (exact) mass is 230 g/mol. The number of nitrogens with one attached hydrogen (secondary N) is 2. The van der Waals surface area contributed by atoms with Crippen molar-refractivity contribution in [3.63, 3.8) is 0 Å². The Morgan fingerprint density at radius 2 is 2.12 bits per heavy atom. The lowest BCUT2D eigenvalue weighted by Gasteiger charge is -2.07. The van der Waals surface area contributed by atoms with Crippen LogP contribution in [0.15, 0.2) is 12.2 Å². The number of aliphatic hydroxyl groups is 1. The van der Waals surface area contributed by atoms with E-state index in [9.17, 15) is 9.59 Å². The van der Waals surface area contributed by atoms with E-state index in [1.807, 2.05) is 12.4 Å². The highest BCUT2D eigenvalue weighted by Gasteiger charge is 2.09. The van der Waals surface area contributed by atoms with Gasteiger partial charge in [-0.3, -0.25) is 4.79 Å². The number of hydroxylamine groups is 1. The molecule has 0 fully saturated rings. The standard InChI is InChI=1S/C10H18N2O4/c1-3-5-11-7-9(14)16-12-10(15)8(2)4-6-13/h11,13H,2-7H2,1H3,(H,12,15). The normalized spacial score (nSPS) is 9.62. The zero-order valence-corrected chi connectivity index (χ0v) is 9.41. The number of amides is 1. The third-order valence-corrected chi connectivity index (χ3v) is 1.69. The quantitative estimate of drug-likeness (QED) is 0.312. The van der Waals surface area contributed by atoms with Gasteiger partial charge in [0.2, 0.25) is 0 Å². The number of rotatable bonds is 7. The number of carbonyl (C=O) groups is 2. The van der Waals surface area contributed by atoms with Crippen LogP contribution in [0.2, 0.25) is 0 Å².